The van der Waals surface area contributed by atoms with E-state index >= 15 is 0 Å². The van der Waals surface area contributed by atoms with Gasteiger partial charge in [0.05, 0.1) is 11.4 Å². The van der Waals surface area contributed by atoms with Gasteiger partial charge in [0.15, 0.2) is 0 Å². The van der Waals surface area contributed by atoms with Gasteiger partial charge in [-0.3, -0.25) is 19.8 Å². The zero-order valence-corrected chi connectivity index (χ0v) is 21.4. The van der Waals surface area contributed by atoms with Gasteiger partial charge in [-0.25, -0.2) is 0 Å². The number of nitrogens with two attached hydrogens (primary N) is 1. The Morgan fingerprint density at radius 2 is 1.26 bits per heavy atom. The maximum absolute atomic E-state index is 8.60. The lowest BCUT2D eigenvalue weighted by Crippen LogP contribution is -2.31. The molecule has 2 aliphatic heterocycles. The predicted octanol–water partition coefficient (Wildman–Crippen LogP) is 5.80. The summed E-state index contributed by atoms with van der Waals surface area (Å²) in [7, 11) is 0. The number of hydrogen-bond donors (Lipinski definition) is 1. The van der Waals surface area contributed by atoms with E-state index in [0.29, 0.717) is 0 Å². The van der Waals surface area contributed by atoms with Gasteiger partial charge in [-0.05, 0) is 52.8 Å². The van der Waals surface area contributed by atoms with Crippen LogP contribution >= 0.6 is 0 Å². The van der Waals surface area contributed by atoms with Crippen molar-refractivity contribution in [1.29, 1.82) is 0 Å². The quantitative estimate of drug-likeness (QED) is 0.210. The van der Waals surface area contributed by atoms with E-state index in [1.807, 2.05) is 12.1 Å². The third-order valence-corrected chi connectivity index (χ3v) is 7.05. The number of pyridine rings is 2. The maximum Gasteiger partial charge on any atom is 0.0596 e. The average molecular weight is 505 g/mol. The Bertz CT molecular complexity index is 1400. The van der Waals surface area contributed by atoms with Gasteiger partial charge in [0.25, 0.3) is 0 Å². The molecule has 0 saturated carbocycles. The van der Waals surface area contributed by atoms with Gasteiger partial charge in [-0.2, -0.15) is 0 Å². The summed E-state index contributed by atoms with van der Waals surface area (Å²) in [5.74, 6) is 0. The molecule has 0 atom stereocenters. The van der Waals surface area contributed by atoms with E-state index in [0.717, 1.165) is 80.4 Å². The number of nitrogens with zero attached hydrogens (tertiary/aromatic N) is 7. The molecule has 4 heterocycles. The van der Waals surface area contributed by atoms with Gasteiger partial charge in [0.2, 0.25) is 0 Å². The molecule has 2 aromatic heterocycles. The smallest absolute Gasteiger partial charge is 0.0596 e. The van der Waals surface area contributed by atoms with Crippen LogP contribution in [-0.4, -0.2) is 32.9 Å². The monoisotopic (exact) mass is 504 g/mol. The van der Waals surface area contributed by atoms with Gasteiger partial charge in [0.1, 0.15) is 0 Å². The molecule has 38 heavy (non-hydrogen) atoms. The summed E-state index contributed by atoms with van der Waals surface area (Å²) < 4.78 is 0. The number of nitrogen functional groups attached to an aromatic ring is 1. The van der Waals surface area contributed by atoms with Crippen molar-refractivity contribution >= 4 is 11.4 Å². The molecule has 8 heteroatoms. The van der Waals surface area contributed by atoms with Crippen molar-refractivity contribution in [1.82, 2.24) is 19.8 Å². The molecular weight excluding hydrogens is 472 g/mol. The largest absolute Gasteiger partial charge is 0.398 e. The van der Waals surface area contributed by atoms with Crippen LogP contribution in [0.4, 0.5) is 11.4 Å². The summed E-state index contributed by atoms with van der Waals surface area (Å²) in [6.07, 6.45) is 5.40. The van der Waals surface area contributed by atoms with Crippen molar-refractivity contribution in [3.63, 3.8) is 0 Å². The Morgan fingerprint density at radius 3 is 1.84 bits per heavy atom. The van der Waals surface area contributed by atoms with Crippen LogP contribution in [0.15, 0.2) is 90.3 Å². The standard InChI is InChI=1S/C15H15N5.C15H17N3/c16-19-18-14-6-8-17-15-11-20(9-7-13(14)15)10-12-4-2-1-3-5-12;16-14-6-8-17-15-11-18(9-7-13(14)15)10-12-4-2-1-3-5-12/h1-6,8H,7,9-11H2;1-6,8H,7,9-11H2,(H2,16,17). The molecule has 192 valence electrons. The van der Waals surface area contributed by atoms with Crippen molar-refractivity contribution in [2.75, 3.05) is 18.8 Å². The fourth-order valence-electron chi connectivity index (χ4n) is 5.13. The third kappa shape index (κ3) is 6.36. The molecular formula is C30H32N8. The van der Waals surface area contributed by atoms with Gasteiger partial charge in [-0.15, -0.1) is 0 Å². The molecule has 0 fully saturated rings. The first kappa shape index (κ1) is 25.4. The summed E-state index contributed by atoms with van der Waals surface area (Å²) in [6.45, 7) is 5.62. The fourth-order valence-corrected chi connectivity index (χ4v) is 5.13. The van der Waals surface area contributed by atoms with Gasteiger partial charge >= 0.3 is 0 Å². The van der Waals surface area contributed by atoms with Crippen molar-refractivity contribution in [2.45, 2.75) is 39.0 Å². The lowest BCUT2D eigenvalue weighted by atomic mass is 10.0. The van der Waals surface area contributed by atoms with Crippen molar-refractivity contribution in [3.05, 3.63) is 129 Å². The first-order valence-electron chi connectivity index (χ1n) is 13.0. The highest BCUT2D eigenvalue weighted by atomic mass is 15.2. The van der Waals surface area contributed by atoms with Gasteiger partial charge < -0.3 is 5.73 Å². The van der Waals surface area contributed by atoms with Crippen LogP contribution in [0.1, 0.15) is 33.6 Å². The number of fused-ring (bicyclic) bond motifs is 2. The molecule has 0 aliphatic carbocycles. The SMILES string of the molecule is Nc1ccnc2c1CCN(Cc1ccccc1)C2.[N-]=[N+]=Nc1ccnc2c1CCN(Cc1ccccc1)C2. The second kappa shape index (κ2) is 12.3. The molecule has 0 unspecified atom stereocenters. The second-order valence-electron chi connectivity index (χ2n) is 9.66. The summed E-state index contributed by atoms with van der Waals surface area (Å²) in [5, 5.41) is 3.75. The minimum absolute atomic E-state index is 0.719. The molecule has 2 N–H and O–H groups in total. The van der Waals surface area contributed by atoms with Crippen LogP contribution in [0, 0.1) is 0 Å². The number of aromatic nitrogens is 2. The second-order valence-corrected chi connectivity index (χ2v) is 9.66. The van der Waals surface area contributed by atoms with Crippen LogP contribution in [-0.2, 0) is 39.0 Å². The summed E-state index contributed by atoms with van der Waals surface area (Å²) in [6, 6.07) is 24.7. The van der Waals surface area contributed by atoms with Crippen molar-refractivity contribution in [3.8, 4) is 0 Å². The fraction of sp³-hybridized carbons (Fsp3) is 0.267. The number of benzene rings is 2. The predicted molar refractivity (Wildman–Crippen MR) is 150 cm³/mol. The van der Waals surface area contributed by atoms with E-state index in [1.54, 1.807) is 18.5 Å². The van der Waals surface area contributed by atoms with Gasteiger partial charge in [-0.1, -0.05) is 65.8 Å². The Hall–Kier alpha value is -4.23. The Kier molecular flexibility index (Phi) is 8.26. The highest BCUT2D eigenvalue weighted by molar-refractivity contribution is 5.49. The molecule has 0 radical (unpaired) electrons. The van der Waals surface area contributed by atoms with E-state index in [4.69, 9.17) is 11.3 Å². The highest BCUT2D eigenvalue weighted by Gasteiger charge is 2.20. The van der Waals surface area contributed by atoms with E-state index < -0.39 is 0 Å². The number of hydrogen-bond acceptors (Lipinski definition) is 6. The topological polar surface area (TPSA) is 107 Å². The van der Waals surface area contributed by atoms with Crippen LogP contribution in [0.25, 0.3) is 10.4 Å². The summed E-state index contributed by atoms with van der Waals surface area (Å²) >= 11 is 0. The lowest BCUT2D eigenvalue weighted by Gasteiger charge is -2.28. The van der Waals surface area contributed by atoms with E-state index in [2.05, 4.69) is 84.4 Å². The zero-order valence-electron chi connectivity index (χ0n) is 21.4. The number of rotatable bonds is 5. The van der Waals surface area contributed by atoms with E-state index in [1.165, 1.54) is 16.7 Å². The molecule has 6 rings (SSSR count). The Labute approximate surface area is 223 Å². The first-order valence-corrected chi connectivity index (χ1v) is 13.0. The van der Waals surface area contributed by atoms with Crippen molar-refractivity contribution < 1.29 is 0 Å². The molecule has 0 spiro atoms. The minimum Gasteiger partial charge on any atom is -0.398 e. The Balaban J connectivity index is 0.000000156. The van der Waals surface area contributed by atoms with Crippen LogP contribution < -0.4 is 5.73 Å². The molecule has 0 bridgehead atoms. The maximum atomic E-state index is 8.60. The van der Waals surface area contributed by atoms with Gasteiger partial charge in [0, 0.05) is 67.9 Å². The zero-order chi connectivity index (χ0) is 26.2. The molecule has 0 saturated heterocycles. The lowest BCUT2D eigenvalue weighted by molar-refractivity contribution is 0.242. The number of azide groups is 1. The van der Waals surface area contributed by atoms with Crippen LogP contribution in [0.5, 0.6) is 0 Å². The summed E-state index contributed by atoms with van der Waals surface area (Å²) in [4.78, 5) is 16.6. The normalized spacial score (nSPS) is 14.8. The average Bonchev–Trinajstić information content (AvgIpc) is 2.95. The molecule has 4 aromatic rings. The van der Waals surface area contributed by atoms with E-state index in [9.17, 15) is 0 Å². The minimum atomic E-state index is 0.719. The van der Waals surface area contributed by atoms with Crippen LogP contribution in [0.2, 0.25) is 0 Å². The Morgan fingerprint density at radius 1 is 0.737 bits per heavy atom. The van der Waals surface area contributed by atoms with E-state index in [-0.39, 0.29) is 0 Å². The molecule has 2 aromatic carbocycles. The first-order chi connectivity index (χ1) is 18.7. The third-order valence-electron chi connectivity index (χ3n) is 7.05. The highest BCUT2D eigenvalue weighted by Crippen LogP contribution is 2.27. The van der Waals surface area contributed by atoms with Crippen LogP contribution in [0.3, 0.4) is 0 Å². The summed E-state index contributed by atoms with van der Waals surface area (Å²) in [5.41, 5.74) is 23.3. The number of anilines is 1. The molecule has 0 amide bonds. The molecule has 8 nitrogen and oxygen atoms in total. The molecule has 2 aliphatic rings. The van der Waals surface area contributed by atoms with Crippen molar-refractivity contribution in [2.24, 2.45) is 5.11 Å².